The van der Waals surface area contributed by atoms with Crippen LogP contribution in [0, 0.1) is 12.3 Å². The fourth-order valence-corrected chi connectivity index (χ4v) is 0.662. The van der Waals surface area contributed by atoms with Crippen molar-refractivity contribution in [3.05, 3.63) is 29.6 Å². The van der Waals surface area contributed by atoms with Crippen molar-refractivity contribution in [3.8, 4) is 12.3 Å². The summed E-state index contributed by atoms with van der Waals surface area (Å²) in [6.07, 6.45) is 3.75. The number of hydrogen-bond donors (Lipinski definition) is 0. The minimum Gasteiger partial charge on any atom is -0.248 e. The first-order valence-corrected chi connectivity index (χ1v) is 2.94. The van der Waals surface area contributed by atoms with Gasteiger partial charge < -0.3 is 0 Å². The highest BCUT2D eigenvalue weighted by molar-refractivity contribution is 5.28. The van der Waals surface area contributed by atoms with Gasteiger partial charge in [-0.2, -0.15) is 0 Å². The van der Waals surface area contributed by atoms with Gasteiger partial charge in [0.15, 0.2) is 0 Å². The van der Waals surface area contributed by atoms with Crippen LogP contribution in [-0.2, 0) is 0 Å². The molecular weight excluding hydrogens is 148 g/mol. The van der Waals surface area contributed by atoms with Gasteiger partial charge in [0, 0.05) is 11.8 Å². The number of aromatic nitrogens is 1. The highest BCUT2D eigenvalue weighted by Gasteiger charge is 2.05. The molecule has 3 heteroatoms. The third kappa shape index (κ3) is 1.74. The zero-order valence-electron chi connectivity index (χ0n) is 5.59. The van der Waals surface area contributed by atoms with Crippen molar-refractivity contribution in [3.63, 3.8) is 0 Å². The predicted octanol–water partition coefficient (Wildman–Crippen LogP) is 2.00. The van der Waals surface area contributed by atoms with E-state index in [0.717, 1.165) is 0 Å². The second kappa shape index (κ2) is 3.11. The number of pyridine rings is 1. The molecule has 1 rings (SSSR count). The molecule has 0 aliphatic carbocycles. The Morgan fingerprint density at radius 3 is 2.82 bits per heavy atom. The highest BCUT2D eigenvalue weighted by atomic mass is 19.3. The summed E-state index contributed by atoms with van der Waals surface area (Å²) in [4.78, 5) is 3.67. The standard InChI is InChI=1S/C8H5F2N/c1-2-7-5-6(8(9)10)3-4-11-7/h1,3-5,8H. The number of hydrogen-bond acceptors (Lipinski definition) is 1. The Kier molecular flexibility index (Phi) is 2.17. The van der Waals surface area contributed by atoms with Crippen LogP contribution in [0.2, 0.25) is 0 Å². The zero-order chi connectivity index (χ0) is 8.27. The maximum absolute atomic E-state index is 12.0. The molecule has 0 atom stereocenters. The summed E-state index contributed by atoms with van der Waals surface area (Å²) in [7, 11) is 0. The molecule has 0 N–H and O–H groups in total. The van der Waals surface area contributed by atoms with E-state index in [0.29, 0.717) is 0 Å². The van der Waals surface area contributed by atoms with Crippen molar-refractivity contribution in [1.29, 1.82) is 0 Å². The number of terminal acetylenes is 1. The van der Waals surface area contributed by atoms with Crippen molar-refractivity contribution in [2.45, 2.75) is 6.43 Å². The summed E-state index contributed by atoms with van der Waals surface area (Å²) in [5.74, 6) is 2.18. The van der Waals surface area contributed by atoms with Gasteiger partial charge in [0.05, 0.1) is 0 Å². The van der Waals surface area contributed by atoms with Crippen LogP contribution in [-0.4, -0.2) is 4.98 Å². The van der Waals surface area contributed by atoms with E-state index < -0.39 is 6.43 Å². The molecular formula is C8H5F2N. The van der Waals surface area contributed by atoms with E-state index in [1.807, 2.05) is 0 Å². The van der Waals surface area contributed by atoms with Crippen LogP contribution in [0.4, 0.5) is 8.78 Å². The van der Waals surface area contributed by atoms with E-state index in [1.54, 1.807) is 0 Å². The average Bonchev–Trinajstić information content (AvgIpc) is 2.05. The monoisotopic (exact) mass is 153 g/mol. The zero-order valence-corrected chi connectivity index (χ0v) is 5.59. The SMILES string of the molecule is C#Cc1cc(C(F)F)ccn1. The minimum atomic E-state index is -2.48. The number of rotatable bonds is 1. The van der Waals surface area contributed by atoms with E-state index in [4.69, 9.17) is 6.42 Å². The number of alkyl halides is 2. The summed E-state index contributed by atoms with van der Waals surface area (Å²) in [6, 6.07) is 2.44. The largest absolute Gasteiger partial charge is 0.264 e. The fraction of sp³-hybridized carbons (Fsp3) is 0.125. The van der Waals surface area contributed by atoms with E-state index in [9.17, 15) is 8.78 Å². The molecule has 0 saturated heterocycles. The molecule has 1 nitrogen and oxygen atoms in total. The van der Waals surface area contributed by atoms with Gasteiger partial charge in [-0.05, 0) is 12.1 Å². The van der Waals surface area contributed by atoms with Crippen molar-refractivity contribution < 1.29 is 8.78 Å². The summed E-state index contributed by atoms with van der Waals surface area (Å²) in [5, 5.41) is 0. The van der Waals surface area contributed by atoms with Gasteiger partial charge in [0.1, 0.15) is 5.69 Å². The molecule has 0 aliphatic rings. The average molecular weight is 153 g/mol. The van der Waals surface area contributed by atoms with Crippen LogP contribution >= 0.6 is 0 Å². The van der Waals surface area contributed by atoms with E-state index >= 15 is 0 Å². The summed E-state index contributed by atoms with van der Waals surface area (Å²) in [5.41, 5.74) is 0.149. The quantitative estimate of drug-likeness (QED) is 0.562. The maximum atomic E-state index is 12.0. The molecule has 0 fully saturated rings. The molecule has 0 spiro atoms. The lowest BCUT2D eigenvalue weighted by Crippen LogP contribution is -1.87. The smallest absolute Gasteiger partial charge is 0.248 e. The fourth-order valence-electron chi connectivity index (χ4n) is 0.662. The van der Waals surface area contributed by atoms with Gasteiger partial charge in [-0.3, -0.25) is 0 Å². The Hall–Kier alpha value is -1.43. The predicted molar refractivity (Wildman–Crippen MR) is 37.1 cm³/mol. The van der Waals surface area contributed by atoms with E-state index in [1.165, 1.54) is 18.3 Å². The van der Waals surface area contributed by atoms with Crippen molar-refractivity contribution in [2.24, 2.45) is 0 Å². The Morgan fingerprint density at radius 2 is 2.27 bits per heavy atom. The van der Waals surface area contributed by atoms with Gasteiger partial charge in [0.25, 0.3) is 6.43 Å². The van der Waals surface area contributed by atoms with Crippen LogP contribution < -0.4 is 0 Å². The number of nitrogens with zero attached hydrogens (tertiary/aromatic N) is 1. The summed E-state index contributed by atoms with van der Waals surface area (Å²) < 4.78 is 24.0. The molecule has 0 unspecified atom stereocenters. The van der Waals surface area contributed by atoms with Crippen LogP contribution in [0.5, 0.6) is 0 Å². The number of halogens is 2. The minimum absolute atomic E-state index is 0.0899. The van der Waals surface area contributed by atoms with Gasteiger partial charge in [-0.25, -0.2) is 13.8 Å². The Morgan fingerprint density at radius 1 is 1.55 bits per heavy atom. The topological polar surface area (TPSA) is 12.9 Å². The van der Waals surface area contributed by atoms with Crippen molar-refractivity contribution >= 4 is 0 Å². The molecule has 0 saturated carbocycles. The Balaban J connectivity index is 3.03. The summed E-state index contributed by atoms with van der Waals surface area (Å²) in [6.45, 7) is 0. The van der Waals surface area contributed by atoms with E-state index in [2.05, 4.69) is 10.9 Å². The first-order valence-electron chi connectivity index (χ1n) is 2.94. The van der Waals surface area contributed by atoms with Gasteiger partial charge >= 0.3 is 0 Å². The lowest BCUT2D eigenvalue weighted by Gasteiger charge is -1.97. The lowest BCUT2D eigenvalue weighted by atomic mass is 10.2. The second-order valence-electron chi connectivity index (χ2n) is 1.92. The molecule has 1 aromatic rings. The van der Waals surface area contributed by atoms with Gasteiger partial charge in [0.2, 0.25) is 0 Å². The second-order valence-corrected chi connectivity index (χ2v) is 1.92. The third-order valence-electron chi connectivity index (χ3n) is 1.18. The maximum Gasteiger partial charge on any atom is 0.264 e. The van der Waals surface area contributed by atoms with Crippen LogP contribution in [0.25, 0.3) is 0 Å². The van der Waals surface area contributed by atoms with Crippen LogP contribution in [0.3, 0.4) is 0 Å². The molecule has 1 heterocycles. The molecule has 0 aliphatic heterocycles. The van der Waals surface area contributed by atoms with Crippen LogP contribution in [0.1, 0.15) is 17.7 Å². The Bertz CT molecular complexity index is 288. The van der Waals surface area contributed by atoms with Crippen LogP contribution in [0.15, 0.2) is 18.3 Å². The van der Waals surface area contributed by atoms with E-state index in [-0.39, 0.29) is 11.3 Å². The first kappa shape index (κ1) is 7.67. The molecule has 11 heavy (non-hydrogen) atoms. The first-order chi connectivity index (χ1) is 5.24. The molecule has 0 radical (unpaired) electrons. The van der Waals surface area contributed by atoms with Crippen molar-refractivity contribution in [2.75, 3.05) is 0 Å². The third-order valence-corrected chi connectivity index (χ3v) is 1.18. The molecule has 1 aromatic heterocycles. The van der Waals surface area contributed by atoms with Crippen molar-refractivity contribution in [1.82, 2.24) is 4.98 Å². The van der Waals surface area contributed by atoms with Gasteiger partial charge in [-0.15, -0.1) is 6.42 Å². The molecule has 0 amide bonds. The van der Waals surface area contributed by atoms with Gasteiger partial charge in [-0.1, -0.05) is 5.92 Å². The normalized spacial score (nSPS) is 9.64. The summed E-state index contributed by atoms with van der Waals surface area (Å²) >= 11 is 0. The molecule has 56 valence electrons. The molecule has 0 aromatic carbocycles. The Labute approximate surface area is 63.1 Å². The molecule has 0 bridgehead atoms. The lowest BCUT2D eigenvalue weighted by molar-refractivity contribution is 0.151. The highest BCUT2D eigenvalue weighted by Crippen LogP contribution is 2.17.